The maximum Gasteiger partial charge on any atom is 0.242 e. The van der Waals surface area contributed by atoms with Crippen molar-refractivity contribution in [3.05, 3.63) is 65.2 Å². The van der Waals surface area contributed by atoms with E-state index in [0.29, 0.717) is 17.5 Å². The predicted molar refractivity (Wildman–Crippen MR) is 124 cm³/mol. The lowest BCUT2D eigenvalue weighted by Crippen LogP contribution is -2.54. The van der Waals surface area contributed by atoms with Gasteiger partial charge in [0.05, 0.1) is 12.6 Å². The van der Waals surface area contributed by atoms with Gasteiger partial charge in [0.1, 0.15) is 0 Å². The van der Waals surface area contributed by atoms with Gasteiger partial charge in [-0.05, 0) is 62.5 Å². The first kappa shape index (κ1) is 21.2. The highest BCUT2D eigenvalue weighted by atomic mass is 35.5. The third kappa shape index (κ3) is 4.98. The zero-order chi connectivity index (χ0) is 20.9. The van der Waals surface area contributed by atoms with Crippen LogP contribution in [0.15, 0.2) is 54.6 Å². The highest BCUT2D eigenvalue weighted by Gasteiger charge is 2.36. The Hall–Kier alpha value is -2.04. The molecule has 2 aliphatic rings. The Morgan fingerprint density at radius 2 is 1.80 bits per heavy atom. The van der Waals surface area contributed by atoms with E-state index in [1.54, 1.807) is 0 Å². The number of carbonyl (C=O) groups excluding carboxylic acids is 1. The maximum atomic E-state index is 13.5. The van der Waals surface area contributed by atoms with Crippen LogP contribution in [-0.2, 0) is 4.79 Å². The number of likely N-dealkylation sites (tertiary alicyclic amines) is 2. The zero-order valence-corrected chi connectivity index (χ0v) is 18.6. The number of piperidine rings is 1. The van der Waals surface area contributed by atoms with Gasteiger partial charge in [0.25, 0.3) is 0 Å². The summed E-state index contributed by atoms with van der Waals surface area (Å²) < 4.78 is 0. The molecule has 0 aromatic heterocycles. The average molecular weight is 426 g/mol. The number of nitrogens with zero attached hydrogens (tertiary/aromatic N) is 3. The number of likely N-dealkylation sites (N-methyl/N-ethyl adjacent to an activating group) is 1. The Labute approximate surface area is 185 Å². The SMILES string of the molecule is CN(CC(=O)N1CCC[C@H](c2ccccc2)[C@@H]1CN1CCCC1)c1cccc(Cl)c1. The molecule has 0 bridgehead atoms. The third-order valence-corrected chi connectivity index (χ3v) is 6.83. The second kappa shape index (κ2) is 9.84. The van der Waals surface area contributed by atoms with Crippen molar-refractivity contribution in [2.24, 2.45) is 0 Å². The fourth-order valence-corrected chi connectivity index (χ4v) is 5.19. The Balaban J connectivity index is 1.53. The molecule has 2 fully saturated rings. The van der Waals surface area contributed by atoms with E-state index in [9.17, 15) is 4.79 Å². The van der Waals surface area contributed by atoms with Crippen molar-refractivity contribution in [3.8, 4) is 0 Å². The summed E-state index contributed by atoms with van der Waals surface area (Å²) in [5, 5.41) is 0.695. The molecular weight excluding hydrogens is 394 g/mol. The number of rotatable bonds is 6. The molecule has 0 unspecified atom stereocenters. The van der Waals surface area contributed by atoms with Gasteiger partial charge in [0.2, 0.25) is 5.91 Å². The molecule has 2 aromatic rings. The van der Waals surface area contributed by atoms with E-state index in [0.717, 1.165) is 44.7 Å². The van der Waals surface area contributed by atoms with Crippen LogP contribution >= 0.6 is 11.6 Å². The molecule has 0 radical (unpaired) electrons. The number of hydrogen-bond donors (Lipinski definition) is 0. The van der Waals surface area contributed by atoms with Gasteiger partial charge in [-0.25, -0.2) is 0 Å². The molecule has 0 aliphatic carbocycles. The molecule has 0 saturated carbocycles. The summed E-state index contributed by atoms with van der Waals surface area (Å²) in [7, 11) is 1.97. The first-order chi connectivity index (χ1) is 14.6. The average Bonchev–Trinajstić information content (AvgIpc) is 3.27. The van der Waals surface area contributed by atoms with Gasteiger partial charge in [-0.1, -0.05) is 48.0 Å². The molecule has 4 rings (SSSR count). The Kier molecular flexibility index (Phi) is 6.96. The first-order valence-electron chi connectivity index (χ1n) is 11.2. The van der Waals surface area contributed by atoms with Crippen LogP contribution < -0.4 is 4.90 Å². The monoisotopic (exact) mass is 425 g/mol. The second-order valence-electron chi connectivity index (χ2n) is 8.66. The minimum Gasteiger partial charge on any atom is -0.365 e. The van der Waals surface area contributed by atoms with Crippen LogP contribution in [-0.4, -0.2) is 61.5 Å². The summed E-state index contributed by atoms with van der Waals surface area (Å²) in [5.41, 5.74) is 2.34. The van der Waals surface area contributed by atoms with E-state index >= 15 is 0 Å². The Morgan fingerprint density at radius 3 is 2.53 bits per heavy atom. The van der Waals surface area contributed by atoms with E-state index in [1.165, 1.54) is 18.4 Å². The zero-order valence-electron chi connectivity index (χ0n) is 17.8. The molecule has 5 heteroatoms. The van der Waals surface area contributed by atoms with Crippen LogP contribution in [0.1, 0.15) is 37.2 Å². The summed E-state index contributed by atoms with van der Waals surface area (Å²) in [4.78, 5) is 20.2. The number of amides is 1. The number of carbonyl (C=O) groups is 1. The van der Waals surface area contributed by atoms with Crippen LogP contribution in [0.2, 0.25) is 5.02 Å². The van der Waals surface area contributed by atoms with E-state index < -0.39 is 0 Å². The molecule has 4 nitrogen and oxygen atoms in total. The number of hydrogen-bond acceptors (Lipinski definition) is 3. The molecule has 2 atom stereocenters. The molecule has 2 heterocycles. The minimum absolute atomic E-state index is 0.210. The lowest BCUT2D eigenvalue weighted by atomic mass is 9.83. The summed E-state index contributed by atoms with van der Waals surface area (Å²) in [6.07, 6.45) is 4.75. The number of halogens is 1. The van der Waals surface area contributed by atoms with Gasteiger partial charge in [-0.2, -0.15) is 0 Å². The smallest absolute Gasteiger partial charge is 0.242 e. The molecular formula is C25H32ClN3O. The van der Waals surface area contributed by atoms with Gasteiger partial charge in [-0.3, -0.25) is 4.79 Å². The second-order valence-corrected chi connectivity index (χ2v) is 9.09. The maximum absolute atomic E-state index is 13.5. The number of anilines is 1. The van der Waals surface area contributed by atoms with Gasteiger partial charge in [-0.15, -0.1) is 0 Å². The molecule has 0 spiro atoms. The molecule has 2 aliphatic heterocycles. The van der Waals surface area contributed by atoms with Crippen LogP contribution in [0.4, 0.5) is 5.69 Å². The highest BCUT2D eigenvalue weighted by Crippen LogP contribution is 2.34. The van der Waals surface area contributed by atoms with E-state index in [-0.39, 0.29) is 11.9 Å². The highest BCUT2D eigenvalue weighted by molar-refractivity contribution is 6.30. The van der Waals surface area contributed by atoms with Gasteiger partial charge >= 0.3 is 0 Å². The topological polar surface area (TPSA) is 26.8 Å². The lowest BCUT2D eigenvalue weighted by Gasteiger charge is -2.44. The van der Waals surface area contributed by atoms with Crippen LogP contribution in [0.3, 0.4) is 0 Å². The summed E-state index contributed by atoms with van der Waals surface area (Å²) in [6, 6.07) is 18.7. The molecule has 160 valence electrons. The van der Waals surface area contributed by atoms with Crippen molar-refractivity contribution in [1.29, 1.82) is 0 Å². The molecule has 1 amide bonds. The van der Waals surface area contributed by atoms with E-state index in [1.807, 2.05) is 36.2 Å². The van der Waals surface area contributed by atoms with E-state index in [2.05, 4.69) is 40.1 Å². The van der Waals surface area contributed by atoms with Crippen LogP contribution in [0.25, 0.3) is 0 Å². The predicted octanol–water partition coefficient (Wildman–Crippen LogP) is 4.65. The standard InChI is InChI=1S/C25H32ClN3O/c1-27(22-12-7-11-21(26)17-22)19-25(30)29-16-8-13-23(20-9-3-2-4-10-20)24(29)18-28-14-5-6-15-28/h2-4,7,9-12,17,23-24H,5-6,8,13-16,18-19H2,1H3/t23-,24+/m1/s1. The van der Waals surface area contributed by atoms with Gasteiger partial charge in [0, 0.05) is 36.8 Å². The van der Waals surface area contributed by atoms with Gasteiger partial charge < -0.3 is 14.7 Å². The summed E-state index contributed by atoms with van der Waals surface area (Å²) in [5.74, 6) is 0.614. The lowest BCUT2D eigenvalue weighted by molar-refractivity contribution is -0.134. The van der Waals surface area contributed by atoms with Crippen molar-refractivity contribution in [1.82, 2.24) is 9.80 Å². The first-order valence-corrected chi connectivity index (χ1v) is 11.5. The molecule has 0 N–H and O–H groups in total. The van der Waals surface area contributed by atoms with Crippen molar-refractivity contribution >= 4 is 23.2 Å². The largest absolute Gasteiger partial charge is 0.365 e. The van der Waals surface area contributed by atoms with Crippen molar-refractivity contribution in [2.45, 2.75) is 37.6 Å². The summed E-state index contributed by atoms with van der Waals surface area (Å²) >= 11 is 6.15. The summed E-state index contributed by atoms with van der Waals surface area (Å²) in [6.45, 7) is 4.51. The fraction of sp³-hybridized carbons (Fsp3) is 0.480. The quantitative estimate of drug-likeness (QED) is 0.674. The number of benzene rings is 2. The molecule has 30 heavy (non-hydrogen) atoms. The van der Waals surface area contributed by atoms with Crippen molar-refractivity contribution < 1.29 is 4.79 Å². The Bertz CT molecular complexity index is 837. The molecule has 2 aromatic carbocycles. The van der Waals surface area contributed by atoms with Crippen molar-refractivity contribution in [3.63, 3.8) is 0 Å². The molecule has 2 saturated heterocycles. The fourth-order valence-electron chi connectivity index (χ4n) is 5.01. The van der Waals surface area contributed by atoms with Crippen molar-refractivity contribution in [2.75, 3.05) is 44.7 Å². The normalized spacial score (nSPS) is 22.3. The minimum atomic E-state index is 0.210. The van der Waals surface area contributed by atoms with E-state index in [4.69, 9.17) is 11.6 Å². The van der Waals surface area contributed by atoms with Crippen LogP contribution in [0, 0.1) is 0 Å². The third-order valence-electron chi connectivity index (χ3n) is 6.59. The van der Waals surface area contributed by atoms with Crippen LogP contribution in [0.5, 0.6) is 0 Å². The Morgan fingerprint density at radius 1 is 1.03 bits per heavy atom. The van der Waals surface area contributed by atoms with Gasteiger partial charge in [0.15, 0.2) is 0 Å².